The highest BCUT2D eigenvalue weighted by Gasteiger charge is 2.24. The molecule has 1 heterocycles. The second-order valence-electron chi connectivity index (χ2n) is 8.89. The quantitative estimate of drug-likeness (QED) is 0.654. The minimum absolute atomic E-state index is 0.156. The molecule has 0 radical (unpaired) electrons. The van der Waals surface area contributed by atoms with Gasteiger partial charge < -0.3 is 15.4 Å². The second kappa shape index (κ2) is 10.7. The average molecular weight is 436 g/mol. The van der Waals surface area contributed by atoms with Gasteiger partial charge in [-0.2, -0.15) is 0 Å². The minimum Gasteiger partial charge on any atom is -0.368 e. The normalized spacial score (nSPS) is 19.1. The Bertz CT molecular complexity index is 933. The van der Waals surface area contributed by atoms with Crippen molar-refractivity contribution in [2.75, 3.05) is 24.3 Å². The molecule has 4 rings (SSSR count). The van der Waals surface area contributed by atoms with Crippen molar-refractivity contribution in [2.45, 2.75) is 63.6 Å². The summed E-state index contributed by atoms with van der Waals surface area (Å²) < 4.78 is 5.44. The van der Waals surface area contributed by atoms with Crippen molar-refractivity contribution in [2.24, 2.45) is 0 Å². The Hall–Kier alpha value is -2.70. The highest BCUT2D eigenvalue weighted by Crippen LogP contribution is 2.25. The van der Waals surface area contributed by atoms with Gasteiger partial charge in [-0.1, -0.05) is 43.5 Å². The molecule has 6 nitrogen and oxygen atoms in total. The summed E-state index contributed by atoms with van der Waals surface area (Å²) in [6, 6.07) is 15.6. The third-order valence-corrected chi connectivity index (χ3v) is 6.50. The van der Waals surface area contributed by atoms with E-state index in [1.54, 1.807) is 24.3 Å². The van der Waals surface area contributed by atoms with Crippen molar-refractivity contribution in [1.29, 1.82) is 0 Å². The number of carbonyl (C=O) groups excluding carboxylic acids is 2. The van der Waals surface area contributed by atoms with E-state index < -0.39 is 6.10 Å². The Kier molecular flexibility index (Phi) is 7.55. The summed E-state index contributed by atoms with van der Waals surface area (Å²) in [5.74, 6) is -0.345. The summed E-state index contributed by atoms with van der Waals surface area (Å²) in [6.07, 6.45) is 7.66. The van der Waals surface area contributed by atoms with Crippen LogP contribution in [0.15, 0.2) is 48.5 Å². The fourth-order valence-electron chi connectivity index (χ4n) is 4.64. The van der Waals surface area contributed by atoms with Gasteiger partial charge >= 0.3 is 0 Å². The molecule has 170 valence electrons. The number of rotatable bonds is 7. The largest absolute Gasteiger partial charge is 0.368 e. The smallest absolute Gasteiger partial charge is 0.255 e. The van der Waals surface area contributed by atoms with Gasteiger partial charge in [0.05, 0.1) is 0 Å². The first-order valence-electron chi connectivity index (χ1n) is 11.7. The molecule has 1 aliphatic carbocycles. The molecule has 0 bridgehead atoms. The summed E-state index contributed by atoms with van der Waals surface area (Å²) in [5, 5.41) is 5.93. The molecule has 1 atom stereocenters. The lowest BCUT2D eigenvalue weighted by atomic mass is 9.94. The van der Waals surface area contributed by atoms with Crippen LogP contribution >= 0.6 is 0 Å². The number of ether oxygens (including phenoxy) is 1. The average Bonchev–Trinajstić information content (AvgIpc) is 3.36. The molecular weight excluding hydrogens is 402 g/mol. The van der Waals surface area contributed by atoms with Gasteiger partial charge in [0.25, 0.3) is 11.8 Å². The van der Waals surface area contributed by atoms with Crippen LogP contribution in [0.1, 0.15) is 60.9 Å². The molecule has 2 aromatic rings. The monoisotopic (exact) mass is 435 g/mol. The van der Waals surface area contributed by atoms with Crippen LogP contribution in [-0.4, -0.2) is 42.5 Å². The third kappa shape index (κ3) is 5.75. The number of benzene rings is 2. The summed E-state index contributed by atoms with van der Waals surface area (Å²) in [7, 11) is 2.18. The van der Waals surface area contributed by atoms with Gasteiger partial charge in [0.1, 0.15) is 6.10 Å². The summed E-state index contributed by atoms with van der Waals surface area (Å²) in [6.45, 7) is 1.43. The molecule has 32 heavy (non-hydrogen) atoms. The second-order valence-corrected chi connectivity index (χ2v) is 8.89. The molecule has 0 aromatic heterocycles. The molecule has 2 amide bonds. The Morgan fingerprint density at radius 1 is 0.969 bits per heavy atom. The van der Waals surface area contributed by atoms with E-state index in [9.17, 15) is 9.59 Å². The molecule has 1 saturated heterocycles. The molecule has 6 heteroatoms. The first kappa shape index (κ1) is 22.5. The Balaban J connectivity index is 1.41. The Morgan fingerprint density at radius 2 is 1.78 bits per heavy atom. The lowest BCUT2D eigenvalue weighted by Crippen LogP contribution is -2.33. The van der Waals surface area contributed by atoms with Crippen LogP contribution in [0.4, 0.5) is 11.4 Å². The minimum atomic E-state index is -0.402. The first-order chi connectivity index (χ1) is 15.6. The number of para-hydroxylation sites is 1. The van der Waals surface area contributed by atoms with E-state index in [0.717, 1.165) is 30.6 Å². The van der Waals surface area contributed by atoms with Gasteiger partial charge in [-0.05, 0) is 62.6 Å². The lowest BCUT2D eigenvalue weighted by molar-refractivity contribution is -0.124. The molecule has 2 N–H and O–H groups in total. The maximum atomic E-state index is 13.0. The maximum absolute atomic E-state index is 13.0. The van der Waals surface area contributed by atoms with Crippen molar-refractivity contribution in [3.05, 3.63) is 59.7 Å². The highest BCUT2D eigenvalue weighted by atomic mass is 16.5. The van der Waals surface area contributed by atoms with Crippen molar-refractivity contribution in [1.82, 2.24) is 4.90 Å². The van der Waals surface area contributed by atoms with E-state index >= 15 is 0 Å². The molecule has 1 aliphatic heterocycles. The fraction of sp³-hybridized carbons (Fsp3) is 0.462. The van der Waals surface area contributed by atoms with Crippen LogP contribution in [-0.2, 0) is 16.1 Å². The number of hydrogen-bond donors (Lipinski definition) is 2. The predicted molar refractivity (Wildman–Crippen MR) is 127 cm³/mol. The number of hydrogen-bond acceptors (Lipinski definition) is 4. The summed E-state index contributed by atoms with van der Waals surface area (Å²) >= 11 is 0. The number of carbonyl (C=O) groups is 2. The van der Waals surface area contributed by atoms with Gasteiger partial charge in [0, 0.05) is 36.1 Å². The standard InChI is InChI=1S/C26H33N3O3/c1-29(22-12-3-2-4-13-22)18-20-9-5-6-14-23(20)28-25(30)19-10-7-11-21(17-19)27-26(31)24-15-8-16-32-24/h5-7,9-11,14,17,22,24H,2-4,8,12-13,15-16,18H2,1H3,(H,27,31)(H,28,30)/t24-/m0/s1. The zero-order valence-electron chi connectivity index (χ0n) is 18.8. The van der Waals surface area contributed by atoms with Gasteiger partial charge in [0.15, 0.2) is 0 Å². The van der Waals surface area contributed by atoms with Crippen LogP contribution < -0.4 is 10.6 Å². The predicted octanol–water partition coefficient (Wildman–Crippen LogP) is 4.82. The van der Waals surface area contributed by atoms with Crippen LogP contribution in [0.2, 0.25) is 0 Å². The first-order valence-corrected chi connectivity index (χ1v) is 11.7. The van der Waals surface area contributed by atoms with Crippen LogP contribution in [0.3, 0.4) is 0 Å². The van der Waals surface area contributed by atoms with Crippen molar-refractivity contribution in [3.8, 4) is 0 Å². The third-order valence-electron chi connectivity index (χ3n) is 6.50. The van der Waals surface area contributed by atoms with Crippen molar-refractivity contribution < 1.29 is 14.3 Å². The molecular formula is C26H33N3O3. The van der Waals surface area contributed by atoms with Crippen LogP contribution in [0.25, 0.3) is 0 Å². The Morgan fingerprint density at radius 3 is 2.56 bits per heavy atom. The van der Waals surface area contributed by atoms with Crippen molar-refractivity contribution >= 4 is 23.2 Å². The van der Waals surface area contributed by atoms with Gasteiger partial charge in [0.2, 0.25) is 0 Å². The molecule has 1 saturated carbocycles. The summed E-state index contributed by atoms with van der Waals surface area (Å²) in [5.41, 5.74) is 3.04. The maximum Gasteiger partial charge on any atom is 0.255 e. The SMILES string of the molecule is CN(Cc1ccccc1NC(=O)c1cccc(NC(=O)[C@@H]2CCCO2)c1)C1CCCCC1. The fourth-order valence-corrected chi connectivity index (χ4v) is 4.64. The van der Waals surface area contributed by atoms with E-state index in [-0.39, 0.29) is 11.8 Å². The zero-order valence-corrected chi connectivity index (χ0v) is 18.8. The molecule has 2 aromatic carbocycles. The van der Waals surface area contributed by atoms with Gasteiger partial charge in [-0.25, -0.2) is 0 Å². The van der Waals surface area contributed by atoms with Gasteiger partial charge in [-0.3, -0.25) is 14.5 Å². The highest BCUT2D eigenvalue weighted by molar-refractivity contribution is 6.05. The van der Waals surface area contributed by atoms with Crippen LogP contribution in [0.5, 0.6) is 0 Å². The molecule has 0 spiro atoms. The van der Waals surface area contributed by atoms with Crippen molar-refractivity contribution in [3.63, 3.8) is 0 Å². The molecule has 0 unspecified atom stereocenters. The number of amides is 2. The lowest BCUT2D eigenvalue weighted by Gasteiger charge is -2.31. The van der Waals surface area contributed by atoms with Gasteiger partial charge in [-0.15, -0.1) is 0 Å². The van der Waals surface area contributed by atoms with E-state index in [4.69, 9.17) is 4.74 Å². The zero-order chi connectivity index (χ0) is 22.3. The Labute approximate surface area is 190 Å². The van der Waals surface area contributed by atoms with E-state index in [0.29, 0.717) is 23.9 Å². The van der Waals surface area contributed by atoms with E-state index in [1.165, 1.54) is 32.1 Å². The van der Waals surface area contributed by atoms with Crippen LogP contribution in [0, 0.1) is 0 Å². The molecule has 2 fully saturated rings. The number of nitrogens with one attached hydrogen (secondary N) is 2. The van der Waals surface area contributed by atoms with E-state index in [1.807, 2.05) is 18.2 Å². The number of nitrogens with zero attached hydrogens (tertiary/aromatic N) is 1. The number of anilines is 2. The van der Waals surface area contributed by atoms with E-state index in [2.05, 4.69) is 28.6 Å². The molecule has 2 aliphatic rings. The summed E-state index contributed by atoms with van der Waals surface area (Å²) in [4.78, 5) is 27.7. The topological polar surface area (TPSA) is 70.7 Å².